The van der Waals surface area contributed by atoms with Crippen molar-refractivity contribution in [2.45, 2.75) is 90.9 Å². The molecule has 4 rings (SSSR count). The Morgan fingerprint density at radius 1 is 0.651 bits per heavy atom. The molecule has 0 fully saturated rings. The van der Waals surface area contributed by atoms with Crippen LogP contribution in [-0.4, -0.2) is 15.1 Å². The van der Waals surface area contributed by atoms with Crippen LogP contribution in [0.4, 0.5) is 0 Å². The summed E-state index contributed by atoms with van der Waals surface area (Å²) in [4.78, 5) is 0. The molecule has 0 heterocycles. The summed E-state index contributed by atoms with van der Waals surface area (Å²) in [6.45, 7) is 20.0. The van der Waals surface area contributed by atoms with Crippen molar-refractivity contribution in [3.8, 4) is 11.1 Å². The van der Waals surface area contributed by atoms with Gasteiger partial charge in [0.1, 0.15) is 0 Å². The molecule has 1 N–H and O–H groups in total. The Labute approximate surface area is 265 Å². The monoisotopic (exact) mass is 611 g/mol. The first-order chi connectivity index (χ1) is 20.4. The van der Waals surface area contributed by atoms with Gasteiger partial charge >= 0.3 is 0 Å². The lowest BCUT2D eigenvalue weighted by Crippen LogP contribution is -2.38. The van der Waals surface area contributed by atoms with Crippen molar-refractivity contribution in [2.75, 3.05) is 6.16 Å². The molecule has 0 bridgehead atoms. The largest absolute Gasteiger partial charge is 0.242 e. The number of hydrogen-bond donors (Lipinski definition) is 1. The van der Waals surface area contributed by atoms with E-state index in [0.717, 1.165) is 6.16 Å². The van der Waals surface area contributed by atoms with Gasteiger partial charge in [0, 0.05) is 6.04 Å². The van der Waals surface area contributed by atoms with Gasteiger partial charge < -0.3 is 0 Å². The third-order valence-corrected chi connectivity index (χ3v) is 12.2. The highest BCUT2D eigenvalue weighted by Crippen LogP contribution is 2.44. The van der Waals surface area contributed by atoms with Crippen molar-refractivity contribution >= 4 is 29.5 Å². The number of rotatable bonds is 11. The SMILES string of the molecule is CC(C)c1cc(C(C)C)c(-c2ccccc2[C@@H](CP(c2ccccc2)c2ccccc2)NS(=O)C(C)(C)C)c(C(C)C)c1. The fraction of sp³-hybridized carbons (Fsp3) is 0.385. The molecule has 0 aliphatic carbocycles. The van der Waals surface area contributed by atoms with Crippen LogP contribution in [0.2, 0.25) is 0 Å². The molecule has 0 radical (unpaired) electrons. The van der Waals surface area contributed by atoms with E-state index in [0.29, 0.717) is 17.8 Å². The molecule has 1 unspecified atom stereocenters. The van der Waals surface area contributed by atoms with Gasteiger partial charge in [0.2, 0.25) is 0 Å². The summed E-state index contributed by atoms with van der Waals surface area (Å²) >= 11 is 0. The highest BCUT2D eigenvalue weighted by atomic mass is 32.2. The van der Waals surface area contributed by atoms with E-state index in [-0.39, 0.29) is 10.8 Å². The summed E-state index contributed by atoms with van der Waals surface area (Å²) in [5, 5.41) is 2.67. The molecule has 2 atom stereocenters. The van der Waals surface area contributed by atoms with Crippen molar-refractivity contribution in [2.24, 2.45) is 0 Å². The number of nitrogens with one attached hydrogen (secondary N) is 1. The predicted octanol–water partition coefficient (Wildman–Crippen LogP) is 9.95. The molecule has 0 saturated carbocycles. The van der Waals surface area contributed by atoms with Crippen molar-refractivity contribution in [3.63, 3.8) is 0 Å². The lowest BCUT2D eigenvalue weighted by Gasteiger charge is -2.31. The van der Waals surface area contributed by atoms with Crippen LogP contribution in [0.5, 0.6) is 0 Å². The minimum Gasteiger partial charge on any atom is -0.242 e. The molecule has 0 aliphatic rings. The molecule has 0 aliphatic heterocycles. The van der Waals surface area contributed by atoms with Crippen LogP contribution in [-0.2, 0) is 11.0 Å². The maximum atomic E-state index is 13.8. The smallest absolute Gasteiger partial charge is 0.0976 e. The third-order valence-electron chi connectivity index (χ3n) is 8.04. The van der Waals surface area contributed by atoms with Crippen molar-refractivity contribution in [1.29, 1.82) is 0 Å². The number of benzene rings is 4. The van der Waals surface area contributed by atoms with Crippen molar-refractivity contribution in [3.05, 3.63) is 119 Å². The van der Waals surface area contributed by atoms with Gasteiger partial charge in [-0.15, -0.1) is 0 Å². The van der Waals surface area contributed by atoms with Gasteiger partial charge in [-0.05, 0) is 96.6 Å². The Morgan fingerprint density at radius 3 is 1.56 bits per heavy atom. The minimum atomic E-state index is -1.24. The number of hydrogen-bond acceptors (Lipinski definition) is 1. The fourth-order valence-electron chi connectivity index (χ4n) is 5.56. The van der Waals surface area contributed by atoms with Crippen LogP contribution < -0.4 is 15.3 Å². The van der Waals surface area contributed by atoms with Crippen LogP contribution in [0.1, 0.15) is 108 Å². The lowest BCUT2D eigenvalue weighted by molar-refractivity contribution is 0.618. The van der Waals surface area contributed by atoms with E-state index in [1.165, 1.54) is 44.0 Å². The van der Waals surface area contributed by atoms with Crippen molar-refractivity contribution in [1.82, 2.24) is 4.72 Å². The summed E-state index contributed by atoms with van der Waals surface area (Å²) in [6, 6.07) is 35.4. The first kappa shape index (κ1) is 33.3. The van der Waals surface area contributed by atoms with E-state index in [1.807, 2.05) is 0 Å². The van der Waals surface area contributed by atoms with Gasteiger partial charge in [-0.1, -0.05) is 139 Å². The average Bonchev–Trinajstić information content (AvgIpc) is 2.98. The van der Waals surface area contributed by atoms with Gasteiger partial charge in [0.05, 0.1) is 15.7 Å². The molecule has 0 amide bonds. The highest BCUT2D eigenvalue weighted by Gasteiger charge is 2.30. The molecule has 228 valence electrons. The molecule has 0 spiro atoms. The van der Waals surface area contributed by atoms with Crippen LogP contribution in [0.15, 0.2) is 97.1 Å². The molecule has 4 heteroatoms. The molecule has 4 aromatic rings. The average molecular weight is 612 g/mol. The minimum absolute atomic E-state index is 0.104. The quantitative estimate of drug-likeness (QED) is 0.168. The van der Waals surface area contributed by atoms with E-state index < -0.39 is 18.9 Å². The second kappa shape index (κ2) is 14.5. The van der Waals surface area contributed by atoms with E-state index in [1.54, 1.807) is 0 Å². The van der Waals surface area contributed by atoms with Gasteiger partial charge in [-0.2, -0.15) is 0 Å². The third kappa shape index (κ3) is 8.13. The molecular weight excluding hydrogens is 561 g/mol. The maximum absolute atomic E-state index is 13.8. The predicted molar refractivity (Wildman–Crippen MR) is 192 cm³/mol. The topological polar surface area (TPSA) is 29.1 Å². The van der Waals surface area contributed by atoms with Crippen LogP contribution in [0.25, 0.3) is 11.1 Å². The summed E-state index contributed by atoms with van der Waals surface area (Å²) < 4.78 is 17.1. The Balaban J connectivity index is 1.96. The van der Waals surface area contributed by atoms with Gasteiger partial charge in [0.15, 0.2) is 0 Å². The van der Waals surface area contributed by atoms with Gasteiger partial charge in [0.25, 0.3) is 0 Å². The Hall–Kier alpha value is -2.58. The first-order valence-corrected chi connectivity index (χ1v) is 18.4. The first-order valence-electron chi connectivity index (χ1n) is 15.7. The summed E-state index contributed by atoms with van der Waals surface area (Å²) in [5.41, 5.74) is 8.01. The summed E-state index contributed by atoms with van der Waals surface area (Å²) in [6.07, 6.45) is 0.848. The van der Waals surface area contributed by atoms with Crippen molar-refractivity contribution < 1.29 is 4.21 Å². The normalized spacial score (nSPS) is 13.7. The standard InChI is InChI=1S/C39H50NOPS/c1-27(2)30-24-35(28(3)4)38(36(25-30)29(5)6)34-23-17-16-22-33(34)37(40-43(41)39(7,8)9)26-42(31-18-12-10-13-19-31)32-20-14-11-15-21-32/h10-25,27-29,37,40H,26H2,1-9H3/t37-,43?/m1/s1. The van der Waals surface area contributed by atoms with E-state index >= 15 is 0 Å². The fourth-order valence-corrected chi connectivity index (χ4v) is 8.94. The second-order valence-electron chi connectivity index (χ2n) is 13.5. The molecule has 0 saturated heterocycles. The van der Waals surface area contributed by atoms with E-state index in [4.69, 9.17) is 0 Å². The van der Waals surface area contributed by atoms with Gasteiger partial charge in [-0.3, -0.25) is 0 Å². The van der Waals surface area contributed by atoms with E-state index in [2.05, 4.69) is 164 Å². The van der Waals surface area contributed by atoms with Crippen LogP contribution >= 0.6 is 7.92 Å². The van der Waals surface area contributed by atoms with Crippen LogP contribution in [0.3, 0.4) is 0 Å². The zero-order chi connectivity index (χ0) is 31.3. The highest BCUT2D eigenvalue weighted by molar-refractivity contribution is 7.84. The Kier molecular flexibility index (Phi) is 11.2. The van der Waals surface area contributed by atoms with Crippen LogP contribution in [0, 0.1) is 0 Å². The molecule has 0 aromatic heterocycles. The second-order valence-corrected chi connectivity index (χ2v) is 17.7. The molecule has 2 nitrogen and oxygen atoms in total. The molecule has 4 aromatic carbocycles. The Bertz CT molecular complexity index is 1440. The zero-order valence-electron chi connectivity index (χ0n) is 27.5. The summed E-state index contributed by atoms with van der Waals surface area (Å²) in [5.74, 6) is 1.21. The Morgan fingerprint density at radius 2 is 1.12 bits per heavy atom. The lowest BCUT2D eigenvalue weighted by atomic mass is 9.80. The molecule has 43 heavy (non-hydrogen) atoms. The summed E-state index contributed by atoms with van der Waals surface area (Å²) in [7, 11) is -1.95. The van der Waals surface area contributed by atoms with E-state index in [9.17, 15) is 4.21 Å². The zero-order valence-corrected chi connectivity index (χ0v) is 29.2. The van der Waals surface area contributed by atoms with Gasteiger partial charge in [-0.25, -0.2) is 8.93 Å². The molecular formula is C39H50NOPS. The maximum Gasteiger partial charge on any atom is 0.0976 e.